The number of benzene rings is 1. The van der Waals surface area contributed by atoms with Crippen molar-refractivity contribution in [3.05, 3.63) is 47.0 Å². The summed E-state index contributed by atoms with van der Waals surface area (Å²) in [7, 11) is 3.19. The molecule has 0 atom stereocenters. The number of carbonyl (C=O) groups is 1. The molecule has 148 valence electrons. The molecular formula is C20H24N4O3S. The highest BCUT2D eigenvalue weighted by Crippen LogP contribution is 2.33. The number of allylic oxidation sites excluding steroid dienone is 1. The first-order chi connectivity index (χ1) is 13.4. The van der Waals surface area contributed by atoms with E-state index in [0.717, 1.165) is 15.9 Å². The summed E-state index contributed by atoms with van der Waals surface area (Å²) >= 11 is 1.41. The third kappa shape index (κ3) is 3.60. The first-order valence-corrected chi connectivity index (χ1v) is 9.72. The normalized spacial score (nSPS) is 12.0. The Morgan fingerprint density at radius 1 is 1.29 bits per heavy atom. The minimum absolute atomic E-state index is 0.177. The lowest BCUT2D eigenvalue weighted by molar-refractivity contribution is 0.0992. The number of rotatable bonds is 6. The van der Waals surface area contributed by atoms with Crippen LogP contribution in [-0.4, -0.2) is 34.5 Å². The second kappa shape index (κ2) is 8.02. The quantitative estimate of drug-likeness (QED) is 0.591. The minimum atomic E-state index is -0.370. The van der Waals surface area contributed by atoms with Crippen LogP contribution < -0.4 is 14.3 Å². The summed E-state index contributed by atoms with van der Waals surface area (Å²) in [6.07, 6.45) is 1.77. The van der Waals surface area contributed by atoms with Gasteiger partial charge < -0.3 is 14.0 Å². The van der Waals surface area contributed by atoms with Crippen molar-refractivity contribution >= 4 is 27.5 Å². The first-order valence-electron chi connectivity index (χ1n) is 8.91. The van der Waals surface area contributed by atoms with Crippen molar-refractivity contribution in [2.24, 2.45) is 4.99 Å². The van der Waals surface area contributed by atoms with E-state index >= 15 is 0 Å². The maximum atomic E-state index is 12.8. The Balaban J connectivity index is 2.15. The Labute approximate surface area is 167 Å². The van der Waals surface area contributed by atoms with Gasteiger partial charge in [-0.2, -0.15) is 10.1 Å². The summed E-state index contributed by atoms with van der Waals surface area (Å²) < 4.78 is 15.5. The van der Waals surface area contributed by atoms with E-state index in [9.17, 15) is 4.79 Å². The zero-order valence-electron chi connectivity index (χ0n) is 16.7. The second-order valence-electron chi connectivity index (χ2n) is 6.59. The van der Waals surface area contributed by atoms with E-state index in [2.05, 4.69) is 16.7 Å². The zero-order chi connectivity index (χ0) is 20.4. The third-order valence-electron chi connectivity index (χ3n) is 4.33. The molecule has 0 bridgehead atoms. The van der Waals surface area contributed by atoms with Crippen LogP contribution in [0.15, 0.2) is 35.8 Å². The van der Waals surface area contributed by atoms with Gasteiger partial charge >= 0.3 is 0 Å². The van der Waals surface area contributed by atoms with Gasteiger partial charge in [-0.3, -0.25) is 9.48 Å². The summed E-state index contributed by atoms with van der Waals surface area (Å²) in [5.74, 6) is 0.881. The fraction of sp³-hybridized carbons (Fsp3) is 0.350. The Kier molecular flexibility index (Phi) is 5.69. The van der Waals surface area contributed by atoms with Crippen molar-refractivity contribution in [2.45, 2.75) is 33.4 Å². The predicted molar refractivity (Wildman–Crippen MR) is 110 cm³/mol. The van der Waals surface area contributed by atoms with Gasteiger partial charge in [-0.25, -0.2) is 0 Å². The van der Waals surface area contributed by atoms with Crippen molar-refractivity contribution < 1.29 is 14.3 Å². The van der Waals surface area contributed by atoms with Gasteiger partial charge in [0.25, 0.3) is 5.91 Å². The molecule has 1 amide bonds. The maximum absolute atomic E-state index is 12.8. The molecular weight excluding hydrogens is 376 g/mol. The molecule has 7 nitrogen and oxygen atoms in total. The number of methoxy groups -OCH3 is 2. The molecule has 2 heterocycles. The van der Waals surface area contributed by atoms with Gasteiger partial charge in [-0.05, 0) is 26.8 Å². The van der Waals surface area contributed by atoms with Crippen molar-refractivity contribution in [1.29, 1.82) is 0 Å². The number of fused-ring (bicyclic) bond motifs is 1. The molecule has 0 spiro atoms. The fourth-order valence-electron chi connectivity index (χ4n) is 3.05. The number of thiazole rings is 1. The van der Waals surface area contributed by atoms with Crippen LogP contribution in [0.5, 0.6) is 11.5 Å². The van der Waals surface area contributed by atoms with E-state index in [-0.39, 0.29) is 11.9 Å². The minimum Gasteiger partial charge on any atom is -0.493 e. The first kappa shape index (κ1) is 19.9. The molecule has 0 aliphatic carbocycles. The molecule has 0 saturated heterocycles. The largest absolute Gasteiger partial charge is 0.493 e. The van der Waals surface area contributed by atoms with Crippen molar-refractivity contribution in [1.82, 2.24) is 14.3 Å². The lowest BCUT2D eigenvalue weighted by Gasteiger charge is -2.08. The van der Waals surface area contributed by atoms with Gasteiger partial charge in [0.2, 0.25) is 0 Å². The van der Waals surface area contributed by atoms with Gasteiger partial charge in [-0.15, -0.1) is 6.58 Å². The maximum Gasteiger partial charge on any atom is 0.300 e. The molecule has 3 aromatic rings. The Morgan fingerprint density at radius 3 is 2.54 bits per heavy atom. The summed E-state index contributed by atoms with van der Waals surface area (Å²) in [5.41, 5.74) is 2.17. The van der Waals surface area contributed by atoms with E-state index < -0.39 is 0 Å². The van der Waals surface area contributed by atoms with Crippen molar-refractivity contribution in [3.63, 3.8) is 0 Å². The molecule has 0 saturated carbocycles. The van der Waals surface area contributed by atoms with Gasteiger partial charge in [0.15, 0.2) is 22.0 Å². The van der Waals surface area contributed by atoms with E-state index in [1.54, 1.807) is 26.4 Å². The van der Waals surface area contributed by atoms with Gasteiger partial charge in [-0.1, -0.05) is 17.4 Å². The fourth-order valence-corrected chi connectivity index (χ4v) is 4.09. The van der Waals surface area contributed by atoms with Crippen LogP contribution in [0.2, 0.25) is 0 Å². The number of carbonyl (C=O) groups excluding carboxylic acids is 1. The lowest BCUT2D eigenvalue weighted by Crippen LogP contribution is -2.16. The predicted octanol–water partition coefficient (Wildman–Crippen LogP) is 3.73. The number of hydrogen-bond acceptors (Lipinski definition) is 5. The van der Waals surface area contributed by atoms with Crippen molar-refractivity contribution in [2.75, 3.05) is 14.2 Å². The van der Waals surface area contributed by atoms with Crippen LogP contribution in [0.3, 0.4) is 0 Å². The monoisotopic (exact) mass is 400 g/mol. The summed E-state index contributed by atoms with van der Waals surface area (Å²) in [6.45, 7) is 10.3. The number of hydrogen-bond donors (Lipinski definition) is 0. The van der Waals surface area contributed by atoms with E-state index in [0.29, 0.717) is 28.5 Å². The standard InChI is InChI=1S/C20H24N4O3S/c1-7-8-23-15-10-16(26-5)17(27-6)11-18(15)28-20(23)21-19(25)14-9-13(4)24(22-14)12(2)3/h7,9-12H,1,8H2,2-6H3. The summed E-state index contributed by atoms with van der Waals surface area (Å²) in [6, 6.07) is 5.72. The van der Waals surface area contributed by atoms with Gasteiger partial charge in [0.05, 0.1) is 24.4 Å². The SMILES string of the molecule is C=CCn1c(=NC(=O)c2cc(C)n(C(C)C)n2)sc2cc(OC)c(OC)cc21. The lowest BCUT2D eigenvalue weighted by atomic mass is 10.3. The highest BCUT2D eigenvalue weighted by atomic mass is 32.1. The highest BCUT2D eigenvalue weighted by Gasteiger charge is 2.16. The van der Waals surface area contributed by atoms with Crippen LogP contribution in [0, 0.1) is 6.92 Å². The molecule has 8 heteroatoms. The molecule has 28 heavy (non-hydrogen) atoms. The van der Waals surface area contributed by atoms with E-state index in [1.807, 2.05) is 42.2 Å². The second-order valence-corrected chi connectivity index (χ2v) is 7.59. The van der Waals surface area contributed by atoms with Crippen LogP contribution in [0.25, 0.3) is 10.2 Å². The van der Waals surface area contributed by atoms with Crippen LogP contribution >= 0.6 is 11.3 Å². The van der Waals surface area contributed by atoms with Crippen LogP contribution in [0.4, 0.5) is 0 Å². The topological polar surface area (TPSA) is 70.6 Å². The molecule has 0 fully saturated rings. The molecule has 0 N–H and O–H groups in total. The number of ether oxygens (including phenoxy) is 2. The Hall–Kier alpha value is -2.87. The van der Waals surface area contributed by atoms with Crippen molar-refractivity contribution in [3.8, 4) is 11.5 Å². The number of amides is 1. The highest BCUT2D eigenvalue weighted by molar-refractivity contribution is 7.16. The zero-order valence-corrected chi connectivity index (χ0v) is 17.5. The molecule has 3 rings (SSSR count). The third-order valence-corrected chi connectivity index (χ3v) is 5.37. The smallest absolute Gasteiger partial charge is 0.300 e. The average molecular weight is 401 g/mol. The number of aromatic nitrogens is 3. The van der Waals surface area contributed by atoms with Crippen LogP contribution in [-0.2, 0) is 6.54 Å². The van der Waals surface area contributed by atoms with Crippen LogP contribution in [0.1, 0.15) is 36.1 Å². The summed E-state index contributed by atoms with van der Waals surface area (Å²) in [4.78, 5) is 17.7. The molecule has 0 unspecified atom stereocenters. The molecule has 0 radical (unpaired) electrons. The Bertz CT molecular complexity index is 1100. The number of nitrogens with zero attached hydrogens (tertiary/aromatic N) is 4. The summed E-state index contributed by atoms with van der Waals surface area (Å²) in [5, 5.41) is 4.40. The molecule has 0 aliphatic rings. The average Bonchev–Trinajstić information content (AvgIpc) is 3.21. The number of aryl methyl sites for hydroxylation is 1. The Morgan fingerprint density at radius 2 is 1.96 bits per heavy atom. The van der Waals surface area contributed by atoms with Gasteiger partial charge in [0.1, 0.15) is 0 Å². The molecule has 0 aliphatic heterocycles. The van der Waals surface area contributed by atoms with E-state index in [1.165, 1.54) is 11.3 Å². The molecule has 2 aromatic heterocycles. The molecule has 1 aromatic carbocycles. The van der Waals surface area contributed by atoms with Gasteiger partial charge in [0, 0.05) is 30.4 Å². The van der Waals surface area contributed by atoms with E-state index in [4.69, 9.17) is 9.47 Å².